The summed E-state index contributed by atoms with van der Waals surface area (Å²) in [5.41, 5.74) is 1.06. The molecule has 0 aliphatic heterocycles. The average molecular weight is 364 g/mol. The van der Waals surface area contributed by atoms with E-state index >= 15 is 0 Å². The SMILES string of the molecule is CCC[N+](CC#CCO)(CC#Cc1ccccc1)CCC.[Br-]. The number of hydrogen-bond donors (Lipinski definition) is 1. The third-order valence-corrected chi connectivity index (χ3v) is 3.44. The van der Waals surface area contributed by atoms with Crippen LogP contribution in [-0.2, 0) is 0 Å². The quantitative estimate of drug-likeness (QED) is 0.542. The molecule has 2 nitrogen and oxygen atoms in total. The molecule has 0 amide bonds. The zero-order valence-corrected chi connectivity index (χ0v) is 15.2. The predicted molar refractivity (Wildman–Crippen MR) is 88.5 cm³/mol. The molecule has 1 rings (SSSR count). The zero-order chi connectivity index (χ0) is 15.4. The molecule has 0 aliphatic carbocycles. The Morgan fingerprint density at radius 3 is 2.05 bits per heavy atom. The molecular weight excluding hydrogens is 338 g/mol. The summed E-state index contributed by atoms with van der Waals surface area (Å²) in [4.78, 5) is 0. The Bertz CT molecular complexity index is 513. The van der Waals surface area contributed by atoms with Gasteiger partial charge in [-0.3, -0.25) is 0 Å². The van der Waals surface area contributed by atoms with Crippen LogP contribution in [0.1, 0.15) is 32.3 Å². The Balaban J connectivity index is 0.00000441. The van der Waals surface area contributed by atoms with Crippen molar-refractivity contribution in [3.63, 3.8) is 0 Å². The van der Waals surface area contributed by atoms with Gasteiger partial charge in [-0.05, 0) is 36.8 Å². The Labute approximate surface area is 145 Å². The van der Waals surface area contributed by atoms with Gasteiger partial charge in [0.05, 0.1) is 13.1 Å². The van der Waals surface area contributed by atoms with Crippen molar-refractivity contribution in [2.45, 2.75) is 26.7 Å². The molecule has 0 bridgehead atoms. The topological polar surface area (TPSA) is 20.2 Å². The molecule has 0 heterocycles. The minimum atomic E-state index is -0.0616. The first-order chi connectivity index (χ1) is 10.3. The summed E-state index contributed by atoms with van der Waals surface area (Å²) in [6, 6.07) is 10.1. The van der Waals surface area contributed by atoms with Crippen molar-refractivity contribution in [1.29, 1.82) is 0 Å². The van der Waals surface area contributed by atoms with Crippen molar-refractivity contribution in [2.75, 3.05) is 32.8 Å². The largest absolute Gasteiger partial charge is 1.00 e. The Morgan fingerprint density at radius 2 is 1.50 bits per heavy atom. The van der Waals surface area contributed by atoms with Gasteiger partial charge in [-0.1, -0.05) is 43.9 Å². The van der Waals surface area contributed by atoms with E-state index in [1.165, 1.54) is 0 Å². The molecule has 0 aliphatic rings. The molecule has 0 unspecified atom stereocenters. The van der Waals surface area contributed by atoms with Crippen LogP contribution in [0.4, 0.5) is 0 Å². The van der Waals surface area contributed by atoms with E-state index in [0.29, 0.717) is 0 Å². The van der Waals surface area contributed by atoms with Crippen LogP contribution in [0.2, 0.25) is 0 Å². The number of aliphatic hydroxyl groups is 1. The van der Waals surface area contributed by atoms with Gasteiger partial charge in [-0.15, -0.1) is 0 Å². The monoisotopic (exact) mass is 363 g/mol. The summed E-state index contributed by atoms with van der Waals surface area (Å²) in [5.74, 6) is 12.4. The highest BCUT2D eigenvalue weighted by Gasteiger charge is 2.23. The number of aliphatic hydroxyl groups excluding tert-OH is 1. The number of rotatable bonds is 6. The summed E-state index contributed by atoms with van der Waals surface area (Å²) < 4.78 is 0.903. The van der Waals surface area contributed by atoms with Gasteiger partial charge in [-0.2, -0.15) is 0 Å². The predicted octanol–water partition coefficient (Wildman–Crippen LogP) is -0.325. The van der Waals surface area contributed by atoms with E-state index in [0.717, 1.165) is 49.1 Å². The lowest BCUT2D eigenvalue weighted by Crippen LogP contribution is -3.00. The van der Waals surface area contributed by atoms with Crippen molar-refractivity contribution in [3.8, 4) is 23.7 Å². The maximum absolute atomic E-state index is 8.84. The van der Waals surface area contributed by atoms with Gasteiger partial charge in [0.25, 0.3) is 0 Å². The molecule has 1 N–H and O–H groups in total. The molecule has 0 fully saturated rings. The van der Waals surface area contributed by atoms with E-state index in [1.807, 2.05) is 30.3 Å². The van der Waals surface area contributed by atoms with E-state index in [4.69, 9.17) is 5.11 Å². The highest BCUT2D eigenvalue weighted by Crippen LogP contribution is 2.09. The second-order valence-electron chi connectivity index (χ2n) is 5.28. The van der Waals surface area contributed by atoms with Gasteiger partial charge < -0.3 is 26.6 Å². The smallest absolute Gasteiger partial charge is 0.142 e. The fraction of sp³-hybridized carbons (Fsp3) is 0.474. The summed E-state index contributed by atoms with van der Waals surface area (Å²) in [7, 11) is 0. The van der Waals surface area contributed by atoms with E-state index in [2.05, 4.69) is 37.5 Å². The Kier molecular flexibility index (Phi) is 11.6. The van der Waals surface area contributed by atoms with Crippen LogP contribution in [0.5, 0.6) is 0 Å². The van der Waals surface area contributed by atoms with Crippen molar-refractivity contribution in [2.24, 2.45) is 0 Å². The average Bonchev–Trinajstić information content (AvgIpc) is 2.49. The number of nitrogens with zero attached hydrogens (tertiary/aromatic N) is 1. The molecule has 3 heteroatoms. The van der Waals surface area contributed by atoms with Gasteiger partial charge in [0.1, 0.15) is 19.7 Å². The third kappa shape index (κ3) is 7.66. The van der Waals surface area contributed by atoms with Gasteiger partial charge >= 0.3 is 0 Å². The van der Waals surface area contributed by atoms with Crippen LogP contribution in [-0.4, -0.2) is 42.4 Å². The molecule has 0 aromatic heterocycles. The van der Waals surface area contributed by atoms with E-state index < -0.39 is 0 Å². The molecule has 0 spiro atoms. The first-order valence-electron chi connectivity index (χ1n) is 7.72. The van der Waals surface area contributed by atoms with Crippen LogP contribution >= 0.6 is 0 Å². The number of benzene rings is 1. The molecule has 1 aromatic carbocycles. The van der Waals surface area contributed by atoms with Gasteiger partial charge in [0, 0.05) is 5.56 Å². The van der Waals surface area contributed by atoms with Crippen LogP contribution < -0.4 is 17.0 Å². The van der Waals surface area contributed by atoms with Crippen molar-refractivity contribution in [1.82, 2.24) is 0 Å². The van der Waals surface area contributed by atoms with Crippen LogP contribution in [0.3, 0.4) is 0 Å². The lowest BCUT2D eigenvalue weighted by Gasteiger charge is -2.35. The molecular formula is C19H26BrNO. The molecule has 0 saturated carbocycles. The normalized spacial score (nSPS) is 9.77. The molecule has 0 radical (unpaired) electrons. The first kappa shape index (κ1) is 20.7. The summed E-state index contributed by atoms with van der Waals surface area (Å²) >= 11 is 0. The van der Waals surface area contributed by atoms with E-state index in [-0.39, 0.29) is 23.6 Å². The second-order valence-corrected chi connectivity index (χ2v) is 5.28. The van der Waals surface area contributed by atoms with Crippen LogP contribution in [0.25, 0.3) is 0 Å². The highest BCUT2D eigenvalue weighted by atomic mass is 79.9. The molecule has 22 heavy (non-hydrogen) atoms. The minimum Gasteiger partial charge on any atom is -1.00 e. The van der Waals surface area contributed by atoms with Crippen molar-refractivity contribution >= 4 is 0 Å². The van der Waals surface area contributed by atoms with E-state index in [1.54, 1.807) is 0 Å². The fourth-order valence-electron chi connectivity index (χ4n) is 2.54. The van der Waals surface area contributed by atoms with Crippen LogP contribution in [0, 0.1) is 23.7 Å². The maximum atomic E-state index is 8.84. The molecule has 1 aromatic rings. The van der Waals surface area contributed by atoms with Crippen molar-refractivity contribution in [3.05, 3.63) is 35.9 Å². The van der Waals surface area contributed by atoms with Gasteiger partial charge in [0.15, 0.2) is 0 Å². The van der Waals surface area contributed by atoms with Gasteiger partial charge in [-0.25, -0.2) is 0 Å². The van der Waals surface area contributed by atoms with Gasteiger partial charge in [0.2, 0.25) is 0 Å². The highest BCUT2D eigenvalue weighted by molar-refractivity contribution is 5.33. The molecule has 120 valence electrons. The third-order valence-electron chi connectivity index (χ3n) is 3.44. The van der Waals surface area contributed by atoms with Crippen molar-refractivity contribution < 1.29 is 26.6 Å². The number of halogens is 1. The fourth-order valence-corrected chi connectivity index (χ4v) is 2.54. The molecule has 0 saturated heterocycles. The number of quaternary nitrogens is 1. The number of hydrogen-bond acceptors (Lipinski definition) is 1. The van der Waals surface area contributed by atoms with Crippen LogP contribution in [0.15, 0.2) is 30.3 Å². The summed E-state index contributed by atoms with van der Waals surface area (Å²) in [5, 5.41) is 8.84. The Hall–Kier alpha value is -1.26. The maximum Gasteiger partial charge on any atom is 0.142 e. The lowest BCUT2D eigenvalue weighted by atomic mass is 10.2. The first-order valence-corrected chi connectivity index (χ1v) is 7.72. The second kappa shape index (κ2) is 12.3. The van der Waals surface area contributed by atoms with E-state index in [9.17, 15) is 0 Å². The standard InChI is InChI=1S/C19H26NO.BrH/c1-3-14-20(15-4-2,16-8-9-18-21)17-10-13-19-11-6-5-7-12-19;/h5-7,11-12,21H,3-4,14-18H2,1-2H3;1H/q+1;/p-1. The Morgan fingerprint density at radius 1 is 0.909 bits per heavy atom. The summed E-state index contributed by atoms with van der Waals surface area (Å²) in [6.45, 7) is 8.09. The zero-order valence-electron chi connectivity index (χ0n) is 13.6. The minimum absolute atomic E-state index is 0. The molecule has 0 atom stereocenters. The summed E-state index contributed by atoms with van der Waals surface area (Å²) in [6.07, 6.45) is 2.24. The lowest BCUT2D eigenvalue weighted by molar-refractivity contribution is -0.915.